The first-order chi connectivity index (χ1) is 11.4. The van der Waals surface area contributed by atoms with Crippen LogP contribution in [0.25, 0.3) is 0 Å². The van der Waals surface area contributed by atoms with E-state index < -0.39 is 0 Å². The average Bonchev–Trinajstić information content (AvgIpc) is 2.56. The molecule has 0 aliphatic rings. The van der Waals surface area contributed by atoms with Crippen molar-refractivity contribution in [1.29, 1.82) is 0 Å². The topological polar surface area (TPSA) is 65.2 Å². The second-order valence-electron chi connectivity index (χ2n) is 5.99. The van der Waals surface area contributed by atoms with Crippen molar-refractivity contribution in [3.63, 3.8) is 0 Å². The summed E-state index contributed by atoms with van der Waals surface area (Å²) in [6.45, 7) is 8.67. The van der Waals surface area contributed by atoms with Crippen LogP contribution in [0.2, 0.25) is 0 Å². The Hall–Kier alpha value is -2.62. The van der Waals surface area contributed by atoms with Crippen molar-refractivity contribution in [2.75, 3.05) is 13.1 Å². The molecule has 0 radical (unpaired) electrons. The number of phenolic OH excluding ortho intramolecular Hbond substituents is 2. The number of rotatable bonds is 5. The first-order valence-corrected chi connectivity index (χ1v) is 7.99. The van der Waals surface area contributed by atoms with Crippen LogP contribution in [-0.2, 0) is 0 Å². The van der Waals surface area contributed by atoms with Gasteiger partial charge in [-0.25, -0.2) is 0 Å². The van der Waals surface area contributed by atoms with Crippen molar-refractivity contribution in [2.45, 2.75) is 27.7 Å². The number of benzene rings is 2. The van der Waals surface area contributed by atoms with Gasteiger partial charge in [0.1, 0.15) is 11.5 Å². The lowest BCUT2D eigenvalue weighted by Gasteiger charge is -2.06. The van der Waals surface area contributed by atoms with Gasteiger partial charge >= 0.3 is 0 Å². The van der Waals surface area contributed by atoms with E-state index >= 15 is 0 Å². The zero-order chi connectivity index (χ0) is 17.7. The van der Waals surface area contributed by atoms with E-state index in [0.717, 1.165) is 33.4 Å². The van der Waals surface area contributed by atoms with Crippen molar-refractivity contribution in [3.05, 3.63) is 57.6 Å². The van der Waals surface area contributed by atoms with Crippen LogP contribution in [0.4, 0.5) is 0 Å². The second kappa shape index (κ2) is 7.77. The molecule has 4 nitrogen and oxygen atoms in total. The van der Waals surface area contributed by atoms with Gasteiger partial charge in [0.2, 0.25) is 0 Å². The molecular weight excluding hydrogens is 300 g/mol. The number of aliphatic imine (C=N–C) groups is 2. The molecule has 0 aliphatic heterocycles. The Morgan fingerprint density at radius 1 is 0.667 bits per heavy atom. The maximum Gasteiger partial charge on any atom is 0.127 e. The molecule has 126 valence electrons. The van der Waals surface area contributed by atoms with Crippen LogP contribution in [0.15, 0.2) is 34.3 Å². The first-order valence-electron chi connectivity index (χ1n) is 7.99. The predicted octanol–water partition coefficient (Wildman–Crippen LogP) is 3.87. The van der Waals surface area contributed by atoms with Crippen LogP contribution in [0, 0.1) is 27.7 Å². The van der Waals surface area contributed by atoms with Gasteiger partial charge in [0.15, 0.2) is 0 Å². The molecule has 24 heavy (non-hydrogen) atoms. The Balaban J connectivity index is 1.99. The Kier molecular flexibility index (Phi) is 5.74. The Morgan fingerprint density at radius 2 is 1.00 bits per heavy atom. The standard InChI is InChI=1S/C20H24N2O2/c1-13-5-7-15(3)19(23)17(13)11-21-9-10-22-12-18-14(2)6-8-16(4)20(18)24/h5-8,11-12,23-24H,9-10H2,1-4H3/b21-11+,22-12+. The zero-order valence-corrected chi connectivity index (χ0v) is 14.7. The highest BCUT2D eigenvalue weighted by Gasteiger charge is 2.05. The summed E-state index contributed by atoms with van der Waals surface area (Å²) >= 11 is 0. The van der Waals surface area contributed by atoms with Crippen molar-refractivity contribution >= 4 is 12.4 Å². The van der Waals surface area contributed by atoms with E-state index in [1.54, 1.807) is 12.4 Å². The van der Waals surface area contributed by atoms with Gasteiger partial charge in [-0.1, -0.05) is 24.3 Å². The third-order valence-corrected chi connectivity index (χ3v) is 4.07. The molecule has 2 aromatic carbocycles. The fraction of sp³-hybridized carbons (Fsp3) is 0.300. The highest BCUT2D eigenvalue weighted by molar-refractivity contribution is 5.87. The van der Waals surface area contributed by atoms with Crippen LogP contribution in [0.3, 0.4) is 0 Å². The summed E-state index contributed by atoms with van der Waals surface area (Å²) in [5.74, 6) is 0.560. The van der Waals surface area contributed by atoms with E-state index in [4.69, 9.17) is 0 Å². The van der Waals surface area contributed by atoms with Crippen molar-refractivity contribution in [3.8, 4) is 11.5 Å². The third kappa shape index (κ3) is 4.02. The summed E-state index contributed by atoms with van der Waals surface area (Å²) in [5.41, 5.74) is 5.17. The third-order valence-electron chi connectivity index (χ3n) is 4.07. The number of nitrogens with zero attached hydrogens (tertiary/aromatic N) is 2. The molecule has 0 aliphatic carbocycles. The second-order valence-corrected chi connectivity index (χ2v) is 5.99. The van der Waals surface area contributed by atoms with Gasteiger partial charge in [-0.15, -0.1) is 0 Å². The summed E-state index contributed by atoms with van der Waals surface area (Å²) in [7, 11) is 0. The maximum atomic E-state index is 10.1. The molecule has 0 heterocycles. The normalized spacial score (nSPS) is 11.7. The lowest BCUT2D eigenvalue weighted by atomic mass is 10.0. The summed E-state index contributed by atoms with van der Waals surface area (Å²) in [6.07, 6.45) is 3.39. The summed E-state index contributed by atoms with van der Waals surface area (Å²) < 4.78 is 0. The Morgan fingerprint density at radius 3 is 1.38 bits per heavy atom. The van der Waals surface area contributed by atoms with E-state index in [1.165, 1.54) is 0 Å². The van der Waals surface area contributed by atoms with E-state index in [-0.39, 0.29) is 11.5 Å². The Labute approximate surface area is 143 Å². The molecule has 2 rings (SSSR count). The minimum absolute atomic E-state index is 0.280. The molecule has 0 amide bonds. The van der Waals surface area contributed by atoms with Gasteiger partial charge in [-0.05, 0) is 49.9 Å². The van der Waals surface area contributed by atoms with Gasteiger partial charge < -0.3 is 10.2 Å². The zero-order valence-electron chi connectivity index (χ0n) is 14.7. The molecule has 0 saturated carbocycles. The average molecular weight is 324 g/mol. The van der Waals surface area contributed by atoms with Crippen molar-refractivity contribution < 1.29 is 10.2 Å². The highest BCUT2D eigenvalue weighted by Crippen LogP contribution is 2.24. The minimum Gasteiger partial charge on any atom is -0.507 e. The monoisotopic (exact) mass is 324 g/mol. The molecule has 0 atom stereocenters. The minimum atomic E-state index is 0.280. The number of aromatic hydroxyl groups is 2. The number of aryl methyl sites for hydroxylation is 4. The smallest absolute Gasteiger partial charge is 0.127 e. The number of hydrogen-bond acceptors (Lipinski definition) is 4. The largest absolute Gasteiger partial charge is 0.507 e. The molecule has 0 fully saturated rings. The quantitative estimate of drug-likeness (QED) is 0.648. The molecule has 0 bridgehead atoms. The first kappa shape index (κ1) is 17.7. The van der Waals surface area contributed by atoms with Gasteiger partial charge in [-0.2, -0.15) is 0 Å². The van der Waals surface area contributed by atoms with Gasteiger partial charge in [0, 0.05) is 23.6 Å². The molecule has 2 N–H and O–H groups in total. The molecule has 0 spiro atoms. The molecular formula is C20H24N2O2. The van der Waals surface area contributed by atoms with Crippen LogP contribution < -0.4 is 0 Å². The van der Waals surface area contributed by atoms with Crippen molar-refractivity contribution in [1.82, 2.24) is 0 Å². The molecule has 0 unspecified atom stereocenters. The van der Waals surface area contributed by atoms with Crippen LogP contribution in [0.1, 0.15) is 33.4 Å². The predicted molar refractivity (Wildman–Crippen MR) is 100 cm³/mol. The van der Waals surface area contributed by atoms with Crippen LogP contribution in [0.5, 0.6) is 11.5 Å². The summed E-state index contributed by atoms with van der Waals surface area (Å²) in [6, 6.07) is 7.72. The lowest BCUT2D eigenvalue weighted by Crippen LogP contribution is -1.95. The van der Waals surface area contributed by atoms with Gasteiger partial charge in [0.25, 0.3) is 0 Å². The maximum absolute atomic E-state index is 10.1. The fourth-order valence-corrected chi connectivity index (χ4v) is 2.39. The number of phenols is 2. The Bertz CT molecular complexity index is 725. The number of hydrogen-bond donors (Lipinski definition) is 2. The van der Waals surface area contributed by atoms with Gasteiger partial charge in [-0.3, -0.25) is 9.98 Å². The van der Waals surface area contributed by atoms with E-state index in [0.29, 0.717) is 13.1 Å². The van der Waals surface area contributed by atoms with E-state index in [9.17, 15) is 10.2 Å². The molecule has 0 saturated heterocycles. The van der Waals surface area contributed by atoms with E-state index in [1.807, 2.05) is 52.0 Å². The van der Waals surface area contributed by atoms with Crippen LogP contribution in [-0.4, -0.2) is 35.7 Å². The van der Waals surface area contributed by atoms with Crippen LogP contribution >= 0.6 is 0 Å². The molecule has 2 aromatic rings. The lowest BCUT2D eigenvalue weighted by molar-refractivity contribution is 0.469. The summed E-state index contributed by atoms with van der Waals surface area (Å²) in [5, 5.41) is 20.1. The van der Waals surface area contributed by atoms with Crippen molar-refractivity contribution in [2.24, 2.45) is 9.98 Å². The fourth-order valence-electron chi connectivity index (χ4n) is 2.39. The molecule has 0 aromatic heterocycles. The SMILES string of the molecule is Cc1ccc(C)c(/C=N/CC/N=C/c2c(C)ccc(C)c2O)c1O. The highest BCUT2D eigenvalue weighted by atomic mass is 16.3. The summed E-state index contributed by atoms with van der Waals surface area (Å²) in [4.78, 5) is 8.67. The van der Waals surface area contributed by atoms with E-state index in [2.05, 4.69) is 9.98 Å². The molecule has 4 heteroatoms. The van der Waals surface area contributed by atoms with Gasteiger partial charge in [0.05, 0.1) is 13.1 Å².